The summed E-state index contributed by atoms with van der Waals surface area (Å²) in [4.78, 5) is 6.53. The highest BCUT2D eigenvalue weighted by Crippen LogP contribution is 2.36. The quantitative estimate of drug-likeness (QED) is 0.845. The fourth-order valence-electron chi connectivity index (χ4n) is 1.19. The summed E-state index contributed by atoms with van der Waals surface area (Å²) in [7, 11) is 0. The molecule has 0 fully saturated rings. The average molecular weight is 321 g/mol. The molecule has 0 atom stereocenters. The van der Waals surface area contributed by atoms with E-state index >= 15 is 0 Å². The molecule has 1 N–H and O–H groups in total. The molecular weight excluding hydrogens is 311 g/mol. The van der Waals surface area contributed by atoms with E-state index in [9.17, 15) is 30.7 Å². The predicted molar refractivity (Wildman–Crippen MR) is 57.3 cm³/mol. The van der Waals surface area contributed by atoms with Crippen LogP contribution in [0.25, 0.3) is 0 Å². The fourth-order valence-corrected chi connectivity index (χ4v) is 1.19. The van der Waals surface area contributed by atoms with E-state index in [4.69, 9.17) is 0 Å². The lowest BCUT2D eigenvalue weighted by Crippen LogP contribution is -2.46. The van der Waals surface area contributed by atoms with Crippen molar-refractivity contribution in [1.82, 2.24) is 9.97 Å². The van der Waals surface area contributed by atoms with Gasteiger partial charge < -0.3 is 10.1 Å². The molecule has 11 heteroatoms. The number of aromatic nitrogens is 2. The van der Waals surface area contributed by atoms with Crippen LogP contribution in [0.3, 0.4) is 0 Å². The van der Waals surface area contributed by atoms with Gasteiger partial charge in [0.05, 0.1) is 6.20 Å². The second kappa shape index (κ2) is 6.31. The molecule has 0 saturated carbocycles. The molecule has 0 aliphatic heterocycles. The highest BCUT2D eigenvalue weighted by molar-refractivity contribution is 5.28. The van der Waals surface area contributed by atoms with Gasteiger partial charge in [-0.1, -0.05) is 6.92 Å². The summed E-state index contributed by atoms with van der Waals surface area (Å²) >= 11 is 0. The Bertz CT molecular complexity index is 461. The van der Waals surface area contributed by atoms with Gasteiger partial charge in [0.2, 0.25) is 11.8 Å². The summed E-state index contributed by atoms with van der Waals surface area (Å²) in [5.74, 6) is -3.30. The third-order valence-corrected chi connectivity index (χ3v) is 2.07. The first-order chi connectivity index (χ1) is 9.55. The monoisotopic (exact) mass is 321 g/mol. The van der Waals surface area contributed by atoms with Crippen LogP contribution in [0.2, 0.25) is 0 Å². The molecule has 1 aromatic rings. The van der Waals surface area contributed by atoms with Crippen molar-refractivity contribution in [2.45, 2.75) is 31.8 Å². The molecule has 1 aromatic heterocycles. The van der Waals surface area contributed by atoms with Crippen molar-refractivity contribution >= 4 is 5.95 Å². The summed E-state index contributed by atoms with van der Waals surface area (Å²) in [5.41, 5.74) is 0. The standard InChI is InChI=1S/C10H10F7N3O/c1-2-3-18-8-19-4-5(11)6(20-8)21-7(9(12,13)14)10(15,16)17/h4,7H,2-3H2,1H3,(H,18,19,20). The normalized spacial score (nSPS) is 12.6. The zero-order valence-electron chi connectivity index (χ0n) is 10.5. The number of ether oxygens (including phenoxy) is 1. The van der Waals surface area contributed by atoms with Gasteiger partial charge in [0, 0.05) is 6.54 Å². The van der Waals surface area contributed by atoms with Crippen LogP contribution in [-0.2, 0) is 0 Å². The van der Waals surface area contributed by atoms with Gasteiger partial charge in [0.15, 0.2) is 0 Å². The Morgan fingerprint density at radius 1 is 1.19 bits per heavy atom. The van der Waals surface area contributed by atoms with E-state index in [0.717, 1.165) is 0 Å². The minimum atomic E-state index is -5.76. The van der Waals surface area contributed by atoms with E-state index in [-0.39, 0.29) is 5.95 Å². The minimum absolute atomic E-state index is 0.299. The topological polar surface area (TPSA) is 47.0 Å². The number of halogens is 7. The summed E-state index contributed by atoms with van der Waals surface area (Å²) < 4.78 is 90.8. The number of hydrogen-bond donors (Lipinski definition) is 1. The van der Waals surface area contributed by atoms with Crippen LogP contribution in [0.5, 0.6) is 5.88 Å². The van der Waals surface area contributed by atoms with Crippen LogP contribution >= 0.6 is 0 Å². The van der Waals surface area contributed by atoms with Gasteiger partial charge in [-0.05, 0) is 6.42 Å². The van der Waals surface area contributed by atoms with E-state index in [1.807, 2.05) is 0 Å². The van der Waals surface area contributed by atoms with Crippen molar-refractivity contribution in [2.24, 2.45) is 0 Å². The van der Waals surface area contributed by atoms with Crippen molar-refractivity contribution in [1.29, 1.82) is 0 Å². The maximum absolute atomic E-state index is 13.2. The van der Waals surface area contributed by atoms with Crippen LogP contribution in [0.1, 0.15) is 13.3 Å². The first-order valence-corrected chi connectivity index (χ1v) is 5.62. The smallest absolute Gasteiger partial charge is 0.434 e. The van der Waals surface area contributed by atoms with E-state index in [1.54, 1.807) is 6.92 Å². The Hall–Kier alpha value is -1.81. The zero-order valence-corrected chi connectivity index (χ0v) is 10.5. The first-order valence-electron chi connectivity index (χ1n) is 5.62. The molecule has 1 heterocycles. The number of nitrogens with one attached hydrogen (secondary N) is 1. The molecule has 0 bridgehead atoms. The van der Waals surface area contributed by atoms with E-state index in [2.05, 4.69) is 20.0 Å². The Morgan fingerprint density at radius 2 is 1.76 bits per heavy atom. The van der Waals surface area contributed by atoms with Crippen LogP contribution in [0, 0.1) is 5.82 Å². The lowest BCUT2D eigenvalue weighted by Gasteiger charge is -2.23. The van der Waals surface area contributed by atoms with Crippen molar-refractivity contribution in [3.05, 3.63) is 12.0 Å². The lowest BCUT2D eigenvalue weighted by atomic mass is 10.3. The molecule has 4 nitrogen and oxygen atoms in total. The molecule has 0 amide bonds. The van der Waals surface area contributed by atoms with Gasteiger partial charge in [-0.3, -0.25) is 0 Å². The summed E-state index contributed by atoms with van der Waals surface area (Å²) in [6, 6.07) is 0. The van der Waals surface area contributed by atoms with Crippen LogP contribution < -0.4 is 10.1 Å². The van der Waals surface area contributed by atoms with Crippen LogP contribution in [0.4, 0.5) is 36.7 Å². The molecule has 0 aliphatic rings. The fraction of sp³-hybridized carbons (Fsp3) is 0.600. The maximum atomic E-state index is 13.2. The molecule has 120 valence electrons. The Labute approximate surface area is 114 Å². The molecule has 21 heavy (non-hydrogen) atoms. The molecule has 0 unspecified atom stereocenters. The largest absolute Gasteiger partial charge is 0.453 e. The van der Waals surface area contributed by atoms with Gasteiger partial charge in [-0.15, -0.1) is 0 Å². The molecule has 0 spiro atoms. The maximum Gasteiger partial charge on any atom is 0.434 e. The number of nitrogens with zero attached hydrogens (tertiary/aromatic N) is 2. The third-order valence-electron chi connectivity index (χ3n) is 2.07. The number of rotatable bonds is 5. The molecule has 0 saturated heterocycles. The summed E-state index contributed by atoms with van der Waals surface area (Å²) in [5, 5.41) is 2.48. The van der Waals surface area contributed by atoms with Gasteiger partial charge in [0.1, 0.15) is 0 Å². The third kappa shape index (κ3) is 4.90. The van der Waals surface area contributed by atoms with E-state index < -0.39 is 30.2 Å². The number of anilines is 1. The van der Waals surface area contributed by atoms with E-state index in [1.165, 1.54) is 0 Å². The lowest BCUT2D eigenvalue weighted by molar-refractivity contribution is -0.300. The van der Waals surface area contributed by atoms with Crippen molar-refractivity contribution < 1.29 is 35.5 Å². The second-order valence-electron chi connectivity index (χ2n) is 3.85. The number of alkyl halides is 6. The SMILES string of the molecule is CCCNc1ncc(F)c(OC(C(F)(F)F)C(F)(F)F)n1. The van der Waals surface area contributed by atoms with Gasteiger partial charge in [0.25, 0.3) is 12.0 Å². The Balaban J connectivity index is 3.03. The summed E-state index contributed by atoms with van der Waals surface area (Å²) in [6.45, 7) is 2.05. The van der Waals surface area contributed by atoms with Gasteiger partial charge in [-0.25, -0.2) is 4.98 Å². The van der Waals surface area contributed by atoms with Gasteiger partial charge >= 0.3 is 12.4 Å². The molecule has 1 rings (SSSR count). The molecule has 0 radical (unpaired) electrons. The zero-order chi connectivity index (χ0) is 16.3. The highest BCUT2D eigenvalue weighted by Gasteiger charge is 2.59. The molecular formula is C10H10F7N3O. The van der Waals surface area contributed by atoms with Gasteiger partial charge in [-0.2, -0.15) is 35.7 Å². The highest BCUT2D eigenvalue weighted by atomic mass is 19.4. The number of hydrogen-bond acceptors (Lipinski definition) is 4. The second-order valence-corrected chi connectivity index (χ2v) is 3.85. The first kappa shape index (κ1) is 17.2. The van der Waals surface area contributed by atoms with Crippen LogP contribution in [0.15, 0.2) is 6.20 Å². The van der Waals surface area contributed by atoms with Crippen LogP contribution in [-0.4, -0.2) is 35.0 Å². The summed E-state index contributed by atoms with van der Waals surface area (Å²) in [6.07, 6.45) is -14.7. The predicted octanol–water partition coefficient (Wildman–Crippen LogP) is 3.31. The average Bonchev–Trinajstić information content (AvgIpc) is 2.33. The Morgan fingerprint density at radius 3 is 2.24 bits per heavy atom. The molecule has 0 aliphatic carbocycles. The van der Waals surface area contributed by atoms with Crippen molar-refractivity contribution in [3.8, 4) is 5.88 Å². The Kier molecular flexibility index (Phi) is 5.18. The minimum Gasteiger partial charge on any atom is -0.453 e. The molecule has 0 aromatic carbocycles. The van der Waals surface area contributed by atoms with Crippen molar-refractivity contribution in [3.63, 3.8) is 0 Å². The van der Waals surface area contributed by atoms with Crippen molar-refractivity contribution in [2.75, 3.05) is 11.9 Å². The van der Waals surface area contributed by atoms with E-state index in [0.29, 0.717) is 19.2 Å².